The molecule has 36 heavy (non-hydrogen) atoms. The van der Waals surface area contributed by atoms with E-state index in [1.54, 1.807) is 18.7 Å². The maximum absolute atomic E-state index is 11.8. The zero-order chi connectivity index (χ0) is 26.9. The molecule has 1 heterocycles. The molecule has 0 saturated heterocycles. The highest BCUT2D eigenvalue weighted by Crippen LogP contribution is 2.29. The van der Waals surface area contributed by atoms with E-state index in [4.69, 9.17) is 5.11 Å². The maximum Gasteiger partial charge on any atom is 0.151 e. The molecular weight excluding hydrogens is 464 g/mol. The van der Waals surface area contributed by atoms with Gasteiger partial charge in [0.1, 0.15) is 0 Å². The predicted molar refractivity (Wildman–Crippen MR) is 161 cm³/mol. The van der Waals surface area contributed by atoms with E-state index >= 15 is 0 Å². The van der Waals surface area contributed by atoms with E-state index in [2.05, 4.69) is 73.7 Å². The number of carbonyl (C=O) groups is 1. The van der Waals surface area contributed by atoms with Gasteiger partial charge in [-0.1, -0.05) is 77.1 Å². The van der Waals surface area contributed by atoms with E-state index in [1.807, 2.05) is 26.0 Å². The molecule has 0 amide bonds. The lowest BCUT2D eigenvalue weighted by Crippen LogP contribution is -2.28. The lowest BCUT2D eigenvalue weighted by atomic mass is 10.0. The lowest BCUT2D eigenvalue weighted by molar-refractivity contribution is -0.117. The van der Waals surface area contributed by atoms with Crippen molar-refractivity contribution in [1.82, 2.24) is 4.98 Å². The number of carbonyl (C=O) groups excluding carboxylic acids is 1. The van der Waals surface area contributed by atoms with Crippen LogP contribution >= 0.6 is 11.8 Å². The van der Waals surface area contributed by atoms with E-state index in [1.165, 1.54) is 22.2 Å². The Morgan fingerprint density at radius 1 is 0.917 bits per heavy atom. The number of anilines is 1. The second-order valence-corrected chi connectivity index (χ2v) is 9.90. The second kappa shape index (κ2) is 18.1. The Morgan fingerprint density at radius 2 is 1.47 bits per heavy atom. The summed E-state index contributed by atoms with van der Waals surface area (Å²) < 4.78 is 0. The molecule has 1 aromatic heterocycles. The minimum Gasteiger partial charge on any atom is -0.393 e. The fraction of sp³-hybridized carbons (Fsp3) is 0.516. The van der Waals surface area contributed by atoms with E-state index in [0.29, 0.717) is 0 Å². The molecule has 0 radical (unpaired) electrons. The van der Waals surface area contributed by atoms with Crippen LogP contribution in [0.1, 0.15) is 77.6 Å². The van der Waals surface area contributed by atoms with Gasteiger partial charge in [0, 0.05) is 16.6 Å². The molecule has 200 valence electrons. The van der Waals surface area contributed by atoms with Crippen LogP contribution in [0.3, 0.4) is 0 Å². The third kappa shape index (κ3) is 10.4. The van der Waals surface area contributed by atoms with Gasteiger partial charge in [0.25, 0.3) is 0 Å². The number of ketones is 1. The molecule has 0 unspecified atom stereocenters. The van der Waals surface area contributed by atoms with E-state index in [0.717, 1.165) is 55.5 Å². The molecular formula is C31H48N2O2S. The Bertz CT molecular complexity index is 988. The molecule has 0 bridgehead atoms. The van der Waals surface area contributed by atoms with Gasteiger partial charge in [-0.25, -0.2) is 0 Å². The van der Waals surface area contributed by atoms with Gasteiger partial charge in [-0.2, -0.15) is 11.8 Å². The van der Waals surface area contributed by atoms with Crippen molar-refractivity contribution in [2.45, 2.75) is 92.2 Å². The number of aromatic nitrogens is 1. The highest BCUT2D eigenvalue weighted by molar-refractivity contribution is 7.98. The largest absolute Gasteiger partial charge is 0.393 e. The topological polar surface area (TPSA) is 65.1 Å². The maximum atomic E-state index is 11.8. The number of H-pyrrole nitrogens is 1. The Morgan fingerprint density at radius 3 is 1.92 bits per heavy atom. The Kier molecular flexibility index (Phi) is 16.0. The standard InChI is InChI=1S/C16H22N2OS.C10H14.C5H12O/c1-4-13-16(12-7-5-6-8-15(12)17-13)18-14(11(2)19)9-10-20-3;1-3-9-7-5-6-8-10(9)4-2;1-3-5(6)4-2/h5-8,14,17-18H,4,9-10H2,1-3H3;5-8H,3-4H2,1-2H3;5-6H,3-4H2,1-2H3/t14-;;/m0../s1. The summed E-state index contributed by atoms with van der Waals surface area (Å²) in [5.74, 6) is 1.19. The van der Waals surface area contributed by atoms with Crippen molar-refractivity contribution in [1.29, 1.82) is 0 Å². The van der Waals surface area contributed by atoms with Crippen molar-refractivity contribution in [2.24, 2.45) is 0 Å². The van der Waals surface area contributed by atoms with E-state index < -0.39 is 0 Å². The van der Waals surface area contributed by atoms with Crippen LogP contribution in [0, 0.1) is 0 Å². The molecule has 3 aromatic rings. The number of thioether (sulfide) groups is 1. The number of benzene rings is 2. The van der Waals surface area contributed by atoms with Crippen LogP contribution in [0.4, 0.5) is 5.69 Å². The van der Waals surface area contributed by atoms with Crippen molar-refractivity contribution >= 4 is 34.1 Å². The van der Waals surface area contributed by atoms with Gasteiger partial charge in [0.2, 0.25) is 0 Å². The Balaban J connectivity index is 0.000000335. The quantitative estimate of drug-likeness (QED) is 0.245. The summed E-state index contributed by atoms with van der Waals surface area (Å²) in [6.07, 6.45) is 7.87. The molecule has 0 aliphatic heterocycles. The summed E-state index contributed by atoms with van der Waals surface area (Å²) in [6.45, 7) is 12.2. The van der Waals surface area contributed by atoms with Gasteiger partial charge in [0.15, 0.2) is 5.78 Å². The molecule has 0 saturated carbocycles. The second-order valence-electron chi connectivity index (χ2n) is 8.91. The van der Waals surface area contributed by atoms with Crippen molar-refractivity contribution in [3.05, 3.63) is 65.4 Å². The number of aryl methyl sites for hydroxylation is 3. The highest BCUT2D eigenvalue weighted by Gasteiger charge is 2.18. The number of aliphatic hydroxyl groups is 1. The number of fused-ring (bicyclic) bond motifs is 1. The lowest BCUT2D eigenvalue weighted by Gasteiger charge is -2.17. The molecule has 5 heteroatoms. The number of hydrogen-bond acceptors (Lipinski definition) is 4. The minimum absolute atomic E-state index is 0.0648. The van der Waals surface area contributed by atoms with Gasteiger partial charge in [-0.05, 0) is 74.7 Å². The van der Waals surface area contributed by atoms with Crippen LogP contribution in [-0.4, -0.2) is 40.0 Å². The number of Topliss-reactive ketones (excluding diaryl/α,β-unsaturated/α-hetero) is 1. The van der Waals surface area contributed by atoms with Crippen LogP contribution in [-0.2, 0) is 24.1 Å². The molecule has 2 aromatic carbocycles. The number of para-hydroxylation sites is 1. The Labute approximate surface area is 223 Å². The Hall–Kier alpha value is -2.24. The number of hydrogen-bond donors (Lipinski definition) is 3. The SMILES string of the molecule is CCC(O)CC.CCc1[nH]c2ccccc2c1N[C@@H](CCSC)C(C)=O.CCc1ccccc1CC. The van der Waals surface area contributed by atoms with Crippen molar-refractivity contribution < 1.29 is 9.90 Å². The smallest absolute Gasteiger partial charge is 0.151 e. The normalized spacial score (nSPS) is 11.4. The van der Waals surface area contributed by atoms with Gasteiger partial charge in [-0.15, -0.1) is 0 Å². The molecule has 0 aliphatic rings. The third-order valence-corrected chi connectivity index (χ3v) is 7.02. The summed E-state index contributed by atoms with van der Waals surface area (Å²) in [4.78, 5) is 15.3. The number of nitrogens with one attached hydrogen (secondary N) is 2. The molecule has 0 fully saturated rings. The fourth-order valence-corrected chi connectivity index (χ4v) is 4.42. The van der Waals surface area contributed by atoms with Gasteiger partial charge in [0.05, 0.1) is 17.8 Å². The molecule has 0 spiro atoms. The van der Waals surface area contributed by atoms with Crippen LogP contribution in [0.15, 0.2) is 48.5 Å². The first kappa shape index (κ1) is 31.8. The van der Waals surface area contributed by atoms with Crippen LogP contribution < -0.4 is 5.32 Å². The predicted octanol–water partition coefficient (Wildman–Crippen LogP) is 7.83. The summed E-state index contributed by atoms with van der Waals surface area (Å²) >= 11 is 1.77. The van der Waals surface area contributed by atoms with Crippen molar-refractivity contribution in [3.63, 3.8) is 0 Å². The van der Waals surface area contributed by atoms with Gasteiger partial charge >= 0.3 is 0 Å². The first-order chi connectivity index (χ1) is 17.4. The summed E-state index contributed by atoms with van der Waals surface area (Å²) in [5, 5.41) is 13.3. The van der Waals surface area contributed by atoms with Crippen molar-refractivity contribution in [3.8, 4) is 0 Å². The summed E-state index contributed by atoms with van der Waals surface area (Å²) in [5.41, 5.74) is 6.36. The first-order valence-electron chi connectivity index (χ1n) is 13.5. The minimum atomic E-state index is -0.105. The summed E-state index contributed by atoms with van der Waals surface area (Å²) in [6, 6.07) is 16.8. The molecule has 1 atom stereocenters. The zero-order valence-corrected chi connectivity index (χ0v) is 24.3. The van der Waals surface area contributed by atoms with Crippen molar-refractivity contribution in [2.75, 3.05) is 17.3 Å². The summed E-state index contributed by atoms with van der Waals surface area (Å²) in [7, 11) is 0. The zero-order valence-electron chi connectivity index (χ0n) is 23.5. The van der Waals surface area contributed by atoms with E-state index in [9.17, 15) is 4.79 Å². The number of aromatic amines is 1. The van der Waals surface area contributed by atoms with Gasteiger partial charge < -0.3 is 15.4 Å². The number of aliphatic hydroxyl groups excluding tert-OH is 1. The number of rotatable bonds is 11. The fourth-order valence-electron chi connectivity index (χ4n) is 3.95. The van der Waals surface area contributed by atoms with Crippen LogP contribution in [0.25, 0.3) is 10.9 Å². The molecule has 4 nitrogen and oxygen atoms in total. The molecule has 3 N–H and O–H groups in total. The molecule has 0 aliphatic carbocycles. The van der Waals surface area contributed by atoms with Gasteiger partial charge in [-0.3, -0.25) is 4.79 Å². The average molecular weight is 513 g/mol. The average Bonchev–Trinajstić information content (AvgIpc) is 3.28. The first-order valence-corrected chi connectivity index (χ1v) is 14.9. The third-order valence-electron chi connectivity index (χ3n) is 6.38. The highest BCUT2D eigenvalue weighted by atomic mass is 32.2. The van der Waals surface area contributed by atoms with Crippen LogP contribution in [0.2, 0.25) is 0 Å². The monoisotopic (exact) mass is 512 g/mol. The van der Waals surface area contributed by atoms with Crippen LogP contribution in [0.5, 0.6) is 0 Å². The molecule has 3 rings (SSSR count). The van der Waals surface area contributed by atoms with E-state index in [-0.39, 0.29) is 17.9 Å².